The molecule has 5 heteroatoms. The summed E-state index contributed by atoms with van der Waals surface area (Å²) in [6.07, 6.45) is 3.99. The molecule has 0 aliphatic rings. The fourth-order valence-corrected chi connectivity index (χ4v) is 1.84. The van der Waals surface area contributed by atoms with Crippen molar-refractivity contribution in [3.8, 4) is 0 Å². The zero-order valence-corrected chi connectivity index (χ0v) is 11.0. The van der Waals surface area contributed by atoms with E-state index in [0.717, 1.165) is 17.7 Å². The fraction of sp³-hybridized carbons (Fsp3) is 0.143. The maximum absolute atomic E-state index is 11.6. The number of aromatic nitrogens is 1. The first-order valence-corrected chi connectivity index (χ1v) is 6.31. The molecule has 4 nitrogen and oxygen atoms in total. The molecule has 98 valence electrons. The van der Waals surface area contributed by atoms with Crippen molar-refractivity contribution in [1.82, 2.24) is 10.3 Å². The predicted molar refractivity (Wildman–Crippen MR) is 76.4 cm³/mol. The van der Waals surface area contributed by atoms with E-state index in [1.807, 2.05) is 24.3 Å². The molecule has 2 N–H and O–H groups in total. The van der Waals surface area contributed by atoms with Gasteiger partial charge in [0.25, 0.3) is 0 Å². The molecule has 2 aromatic rings. The summed E-state index contributed by atoms with van der Waals surface area (Å²) in [5.74, 6) is 0. The summed E-state index contributed by atoms with van der Waals surface area (Å²) in [6, 6.07) is 10.8. The molecule has 0 atom stereocenters. The molecule has 2 rings (SSSR count). The quantitative estimate of drug-likeness (QED) is 0.901. The maximum atomic E-state index is 11.6. The van der Waals surface area contributed by atoms with Gasteiger partial charge in [-0.25, -0.2) is 4.79 Å². The number of amides is 2. The number of rotatable bonds is 4. The summed E-state index contributed by atoms with van der Waals surface area (Å²) < 4.78 is 0. The van der Waals surface area contributed by atoms with Crippen LogP contribution < -0.4 is 10.6 Å². The van der Waals surface area contributed by atoms with E-state index in [2.05, 4.69) is 15.6 Å². The van der Waals surface area contributed by atoms with Gasteiger partial charge in [0.05, 0.1) is 0 Å². The first-order valence-electron chi connectivity index (χ1n) is 5.93. The van der Waals surface area contributed by atoms with E-state index in [1.54, 1.807) is 24.5 Å². The van der Waals surface area contributed by atoms with Gasteiger partial charge in [0, 0.05) is 29.6 Å². The van der Waals surface area contributed by atoms with Gasteiger partial charge in [-0.3, -0.25) is 4.98 Å². The molecular formula is C14H14ClN3O. The van der Waals surface area contributed by atoms with Gasteiger partial charge < -0.3 is 10.6 Å². The zero-order valence-electron chi connectivity index (χ0n) is 10.3. The number of carbonyl (C=O) groups excluding carboxylic acids is 1. The molecule has 1 aromatic carbocycles. The molecule has 1 aromatic heterocycles. The monoisotopic (exact) mass is 275 g/mol. The van der Waals surface area contributed by atoms with E-state index < -0.39 is 0 Å². The minimum atomic E-state index is -0.228. The van der Waals surface area contributed by atoms with Crippen molar-refractivity contribution in [3.05, 3.63) is 59.4 Å². The first-order chi connectivity index (χ1) is 9.24. The number of carbonyl (C=O) groups is 1. The molecule has 1 heterocycles. The molecule has 0 aliphatic carbocycles. The first kappa shape index (κ1) is 13.4. The number of hydrogen-bond acceptors (Lipinski definition) is 2. The van der Waals surface area contributed by atoms with Gasteiger partial charge in [-0.15, -0.1) is 0 Å². The van der Waals surface area contributed by atoms with Crippen LogP contribution in [0.1, 0.15) is 5.56 Å². The molecule has 2 amide bonds. The minimum Gasteiger partial charge on any atom is -0.338 e. The molecule has 0 bridgehead atoms. The average molecular weight is 276 g/mol. The highest BCUT2D eigenvalue weighted by atomic mass is 35.5. The Kier molecular flexibility index (Phi) is 4.75. The van der Waals surface area contributed by atoms with Gasteiger partial charge in [-0.1, -0.05) is 23.7 Å². The van der Waals surface area contributed by atoms with Gasteiger partial charge in [0.15, 0.2) is 0 Å². The van der Waals surface area contributed by atoms with Crippen LogP contribution in [-0.4, -0.2) is 17.6 Å². The lowest BCUT2D eigenvalue weighted by Gasteiger charge is -2.07. The zero-order chi connectivity index (χ0) is 13.5. The molecule has 19 heavy (non-hydrogen) atoms. The van der Waals surface area contributed by atoms with Crippen molar-refractivity contribution < 1.29 is 4.79 Å². The number of anilines is 1. The van der Waals surface area contributed by atoms with E-state index in [1.165, 1.54) is 0 Å². The van der Waals surface area contributed by atoms with Crippen molar-refractivity contribution in [3.63, 3.8) is 0 Å². The minimum absolute atomic E-state index is 0.228. The van der Waals surface area contributed by atoms with Crippen LogP contribution in [0, 0.1) is 0 Å². The van der Waals surface area contributed by atoms with Gasteiger partial charge in [0.2, 0.25) is 0 Å². The van der Waals surface area contributed by atoms with E-state index in [9.17, 15) is 4.79 Å². The Morgan fingerprint density at radius 1 is 1.21 bits per heavy atom. The molecule has 0 saturated carbocycles. The normalized spacial score (nSPS) is 9.95. The summed E-state index contributed by atoms with van der Waals surface area (Å²) in [5, 5.41) is 6.22. The number of urea groups is 1. The highest BCUT2D eigenvalue weighted by Gasteiger charge is 2.01. The SMILES string of the molecule is O=C(NCCc1cccc(Cl)c1)Nc1ccncc1. The Morgan fingerprint density at radius 3 is 2.74 bits per heavy atom. The molecule has 0 unspecified atom stereocenters. The lowest BCUT2D eigenvalue weighted by Crippen LogP contribution is -2.30. The summed E-state index contributed by atoms with van der Waals surface area (Å²) in [4.78, 5) is 15.5. The van der Waals surface area contributed by atoms with Gasteiger partial charge >= 0.3 is 6.03 Å². The van der Waals surface area contributed by atoms with Gasteiger partial charge in [-0.05, 0) is 36.2 Å². The largest absolute Gasteiger partial charge is 0.338 e. The Labute approximate surface area is 116 Å². The van der Waals surface area contributed by atoms with Crippen LogP contribution in [0.25, 0.3) is 0 Å². The van der Waals surface area contributed by atoms with Crippen LogP contribution in [0.2, 0.25) is 5.02 Å². The van der Waals surface area contributed by atoms with E-state index in [-0.39, 0.29) is 6.03 Å². The van der Waals surface area contributed by atoms with Crippen molar-refractivity contribution in [2.45, 2.75) is 6.42 Å². The summed E-state index contributed by atoms with van der Waals surface area (Å²) in [7, 11) is 0. The smallest absolute Gasteiger partial charge is 0.319 e. The maximum Gasteiger partial charge on any atom is 0.319 e. The van der Waals surface area contributed by atoms with E-state index >= 15 is 0 Å². The van der Waals surface area contributed by atoms with Crippen molar-refractivity contribution in [2.75, 3.05) is 11.9 Å². The van der Waals surface area contributed by atoms with Crippen molar-refractivity contribution >= 4 is 23.3 Å². The van der Waals surface area contributed by atoms with Gasteiger partial charge in [0.1, 0.15) is 0 Å². The highest BCUT2D eigenvalue weighted by Crippen LogP contribution is 2.10. The molecular weight excluding hydrogens is 262 g/mol. The Hall–Kier alpha value is -2.07. The van der Waals surface area contributed by atoms with Crippen LogP contribution in [0.4, 0.5) is 10.5 Å². The molecule has 0 aliphatic heterocycles. The average Bonchev–Trinajstić information content (AvgIpc) is 2.40. The number of nitrogens with one attached hydrogen (secondary N) is 2. The third kappa shape index (κ3) is 4.60. The molecule has 0 radical (unpaired) electrons. The predicted octanol–water partition coefficient (Wildman–Crippen LogP) is 3.10. The van der Waals surface area contributed by atoms with Crippen LogP contribution in [0.3, 0.4) is 0 Å². The number of hydrogen-bond donors (Lipinski definition) is 2. The standard InChI is InChI=1S/C14H14ClN3O/c15-12-3-1-2-11(10-12)4-9-17-14(19)18-13-5-7-16-8-6-13/h1-3,5-8,10H,4,9H2,(H2,16,17,18,19). The van der Waals surface area contributed by atoms with Crippen molar-refractivity contribution in [1.29, 1.82) is 0 Å². The highest BCUT2D eigenvalue weighted by molar-refractivity contribution is 6.30. The lowest BCUT2D eigenvalue weighted by atomic mass is 10.1. The number of benzene rings is 1. The Morgan fingerprint density at radius 2 is 2.00 bits per heavy atom. The number of pyridine rings is 1. The summed E-state index contributed by atoms with van der Waals surface area (Å²) in [6.45, 7) is 0.553. The number of nitrogens with zero attached hydrogens (tertiary/aromatic N) is 1. The second-order valence-electron chi connectivity index (χ2n) is 4.00. The fourth-order valence-electron chi connectivity index (χ4n) is 1.62. The van der Waals surface area contributed by atoms with Crippen LogP contribution in [0.5, 0.6) is 0 Å². The van der Waals surface area contributed by atoms with Crippen molar-refractivity contribution in [2.24, 2.45) is 0 Å². The van der Waals surface area contributed by atoms with E-state index in [4.69, 9.17) is 11.6 Å². The van der Waals surface area contributed by atoms with Crippen LogP contribution in [-0.2, 0) is 6.42 Å². The molecule has 0 spiro atoms. The lowest BCUT2D eigenvalue weighted by molar-refractivity contribution is 0.252. The second-order valence-corrected chi connectivity index (χ2v) is 4.43. The van der Waals surface area contributed by atoms with E-state index in [0.29, 0.717) is 11.6 Å². The van der Waals surface area contributed by atoms with Crippen LogP contribution in [0.15, 0.2) is 48.8 Å². The molecule has 0 saturated heterocycles. The summed E-state index contributed by atoms with van der Waals surface area (Å²) in [5.41, 5.74) is 1.81. The summed E-state index contributed by atoms with van der Waals surface area (Å²) >= 11 is 5.89. The second kappa shape index (κ2) is 6.75. The molecule has 0 fully saturated rings. The van der Waals surface area contributed by atoms with Crippen LogP contribution >= 0.6 is 11.6 Å². The Balaban J connectivity index is 1.75. The van der Waals surface area contributed by atoms with Gasteiger partial charge in [-0.2, -0.15) is 0 Å². The third-order valence-electron chi connectivity index (χ3n) is 2.53. The Bertz CT molecular complexity index is 545. The third-order valence-corrected chi connectivity index (χ3v) is 2.76. The number of halogens is 1. The topological polar surface area (TPSA) is 54.0 Å².